The molecule has 0 aromatic rings. The summed E-state index contributed by atoms with van der Waals surface area (Å²) in [5.41, 5.74) is 4.80. The van der Waals surface area contributed by atoms with Gasteiger partial charge >= 0.3 is 0 Å². The Balaban J connectivity index is 1.72. The van der Waals surface area contributed by atoms with E-state index in [0.29, 0.717) is 18.1 Å². The molecular weight excluding hydrogens is 334 g/mol. The van der Waals surface area contributed by atoms with Crippen LogP contribution in [0.15, 0.2) is 22.8 Å². The number of rotatable bonds is 2. The number of ketones is 1. The Hall–Kier alpha value is -0.940. The molecule has 0 spiro atoms. The van der Waals surface area contributed by atoms with Crippen LogP contribution in [0.1, 0.15) is 65.2 Å². The third-order valence-electron chi connectivity index (χ3n) is 7.41. The lowest BCUT2D eigenvalue weighted by atomic mass is 9.52. The van der Waals surface area contributed by atoms with E-state index in [1.54, 1.807) is 5.57 Å². The molecule has 4 nitrogen and oxygen atoms in total. The zero-order valence-electron chi connectivity index (χ0n) is 15.5. The van der Waals surface area contributed by atoms with E-state index in [2.05, 4.69) is 18.6 Å². The molecule has 2 fully saturated rings. The quantitative estimate of drug-likeness (QED) is 0.764. The summed E-state index contributed by atoms with van der Waals surface area (Å²) >= 11 is 0. The highest BCUT2D eigenvalue weighted by Crippen LogP contribution is 2.63. The molecular formula is C20H29NO3S. The fraction of sp³-hybridized carbons (Fsp3) is 0.750. The van der Waals surface area contributed by atoms with Crippen molar-refractivity contribution in [3.05, 3.63) is 22.8 Å². The summed E-state index contributed by atoms with van der Waals surface area (Å²) in [6.45, 7) is 4.73. The summed E-state index contributed by atoms with van der Waals surface area (Å²) < 4.78 is 26.2. The van der Waals surface area contributed by atoms with E-state index in [9.17, 15) is 13.2 Å². The first-order chi connectivity index (χ1) is 11.6. The number of carbonyl (C=O) groups is 1. The Morgan fingerprint density at radius 1 is 1.12 bits per heavy atom. The number of nitrogens with one attached hydrogen (secondary N) is 1. The summed E-state index contributed by atoms with van der Waals surface area (Å²) in [4.78, 5) is 11.8. The van der Waals surface area contributed by atoms with E-state index >= 15 is 0 Å². The van der Waals surface area contributed by atoms with Gasteiger partial charge in [-0.15, -0.1) is 0 Å². The van der Waals surface area contributed by atoms with E-state index in [4.69, 9.17) is 0 Å². The lowest BCUT2D eigenvalue weighted by Crippen LogP contribution is -2.42. The molecule has 0 unspecified atom stereocenters. The van der Waals surface area contributed by atoms with Crippen LogP contribution in [0.4, 0.5) is 0 Å². The molecule has 0 bridgehead atoms. The highest BCUT2D eigenvalue weighted by Gasteiger charge is 2.53. The number of fused-ring (bicyclic) bond motifs is 4. The van der Waals surface area contributed by atoms with Crippen LogP contribution >= 0.6 is 0 Å². The van der Waals surface area contributed by atoms with E-state index in [1.165, 1.54) is 17.4 Å². The molecule has 4 aliphatic rings. The second kappa shape index (κ2) is 5.53. The molecule has 4 aliphatic carbocycles. The van der Waals surface area contributed by atoms with Crippen molar-refractivity contribution < 1.29 is 13.2 Å². The average Bonchev–Trinajstić information content (AvgIpc) is 2.81. The van der Waals surface area contributed by atoms with Crippen molar-refractivity contribution in [1.82, 2.24) is 4.72 Å². The first-order valence-electron chi connectivity index (χ1n) is 9.54. The van der Waals surface area contributed by atoms with Gasteiger partial charge in [-0.05, 0) is 67.8 Å². The van der Waals surface area contributed by atoms with Crippen molar-refractivity contribution in [3.8, 4) is 0 Å². The predicted octanol–water partition coefficient (Wildman–Crippen LogP) is 3.50. The molecule has 0 amide bonds. The zero-order valence-corrected chi connectivity index (χ0v) is 16.3. The Morgan fingerprint density at radius 3 is 2.60 bits per heavy atom. The minimum Gasteiger partial charge on any atom is -0.295 e. The van der Waals surface area contributed by atoms with E-state index in [1.807, 2.05) is 6.08 Å². The minimum absolute atomic E-state index is 0.0368. The molecule has 0 heterocycles. The van der Waals surface area contributed by atoms with Crippen LogP contribution in [-0.4, -0.2) is 26.5 Å². The van der Waals surface area contributed by atoms with Gasteiger partial charge in [-0.25, -0.2) is 13.1 Å². The first-order valence-corrected chi connectivity index (χ1v) is 11.4. The average molecular weight is 364 g/mol. The van der Waals surface area contributed by atoms with Crippen molar-refractivity contribution in [2.45, 2.75) is 71.3 Å². The third-order valence-corrected chi connectivity index (χ3v) is 8.17. The molecule has 4 atom stereocenters. The van der Waals surface area contributed by atoms with Gasteiger partial charge in [0.25, 0.3) is 0 Å². The number of hydrogen-bond acceptors (Lipinski definition) is 3. The second-order valence-electron chi connectivity index (χ2n) is 9.21. The number of sulfonamides is 1. The van der Waals surface area contributed by atoms with Gasteiger partial charge in [0, 0.05) is 12.5 Å². The minimum atomic E-state index is -3.17. The van der Waals surface area contributed by atoms with Gasteiger partial charge in [-0.3, -0.25) is 4.79 Å². The molecule has 0 aliphatic heterocycles. The molecule has 0 radical (unpaired) electrons. The smallest absolute Gasteiger partial charge is 0.208 e. The summed E-state index contributed by atoms with van der Waals surface area (Å²) in [5.74, 6) is 0.804. The zero-order chi connectivity index (χ0) is 18.0. The predicted molar refractivity (Wildman–Crippen MR) is 98.5 cm³/mol. The molecule has 2 saturated carbocycles. The second-order valence-corrected chi connectivity index (χ2v) is 11.0. The number of carbonyl (C=O) groups excluding carboxylic acids is 1. The van der Waals surface area contributed by atoms with Crippen LogP contribution in [0.3, 0.4) is 0 Å². The molecule has 138 valence electrons. The van der Waals surface area contributed by atoms with Crippen LogP contribution in [0.2, 0.25) is 0 Å². The molecule has 0 saturated heterocycles. The number of hydrogen-bond donors (Lipinski definition) is 1. The Bertz CT molecular complexity index is 794. The monoisotopic (exact) mass is 363 g/mol. The van der Waals surface area contributed by atoms with E-state index in [-0.39, 0.29) is 16.9 Å². The summed E-state index contributed by atoms with van der Waals surface area (Å²) in [6.07, 6.45) is 11.0. The summed E-state index contributed by atoms with van der Waals surface area (Å²) in [6, 6.07) is 0.0368. The molecule has 25 heavy (non-hydrogen) atoms. The van der Waals surface area contributed by atoms with Gasteiger partial charge in [0.1, 0.15) is 0 Å². The SMILES string of the molecule is C[C@@]12CC[C@]3(C)C(=C1C[C@@H](NS(C)(=O)=O)C2)CCC1=CC(=O)CC[C@H]13. The van der Waals surface area contributed by atoms with Gasteiger partial charge in [0.2, 0.25) is 10.0 Å². The molecule has 4 rings (SSSR count). The summed E-state index contributed by atoms with van der Waals surface area (Å²) in [5, 5.41) is 0. The lowest BCUT2D eigenvalue weighted by molar-refractivity contribution is -0.115. The normalized spacial score (nSPS) is 41.1. The highest BCUT2D eigenvalue weighted by molar-refractivity contribution is 7.88. The summed E-state index contributed by atoms with van der Waals surface area (Å²) in [7, 11) is -3.17. The van der Waals surface area contributed by atoms with E-state index in [0.717, 1.165) is 44.9 Å². The van der Waals surface area contributed by atoms with Crippen molar-refractivity contribution >= 4 is 15.8 Å². The third kappa shape index (κ3) is 2.84. The maximum atomic E-state index is 11.8. The van der Waals surface area contributed by atoms with Crippen LogP contribution < -0.4 is 4.72 Å². The Morgan fingerprint density at radius 2 is 1.88 bits per heavy atom. The molecule has 1 N–H and O–H groups in total. The topological polar surface area (TPSA) is 63.2 Å². The fourth-order valence-electron chi connectivity index (χ4n) is 6.31. The number of allylic oxidation sites excluding steroid dienone is 3. The Kier molecular flexibility index (Phi) is 3.86. The van der Waals surface area contributed by atoms with Crippen LogP contribution in [0, 0.1) is 16.7 Å². The van der Waals surface area contributed by atoms with E-state index < -0.39 is 10.0 Å². The van der Waals surface area contributed by atoms with Gasteiger partial charge in [-0.1, -0.05) is 30.6 Å². The van der Waals surface area contributed by atoms with Crippen LogP contribution in [-0.2, 0) is 14.8 Å². The van der Waals surface area contributed by atoms with Gasteiger partial charge in [0.15, 0.2) is 5.78 Å². The van der Waals surface area contributed by atoms with Gasteiger partial charge < -0.3 is 0 Å². The molecule has 0 aromatic carbocycles. The maximum Gasteiger partial charge on any atom is 0.208 e. The van der Waals surface area contributed by atoms with Gasteiger partial charge in [0.05, 0.1) is 6.26 Å². The first kappa shape index (κ1) is 17.5. The fourth-order valence-corrected chi connectivity index (χ4v) is 7.08. The van der Waals surface area contributed by atoms with Gasteiger partial charge in [-0.2, -0.15) is 0 Å². The molecule has 0 aromatic heterocycles. The van der Waals surface area contributed by atoms with Crippen molar-refractivity contribution in [1.29, 1.82) is 0 Å². The Labute approximate surface area is 151 Å². The largest absolute Gasteiger partial charge is 0.295 e. The molecule has 5 heteroatoms. The van der Waals surface area contributed by atoms with Crippen molar-refractivity contribution in [3.63, 3.8) is 0 Å². The van der Waals surface area contributed by atoms with Crippen molar-refractivity contribution in [2.75, 3.05) is 6.26 Å². The highest BCUT2D eigenvalue weighted by atomic mass is 32.2. The lowest BCUT2D eigenvalue weighted by Gasteiger charge is -2.53. The maximum absolute atomic E-state index is 11.8. The van der Waals surface area contributed by atoms with Crippen molar-refractivity contribution in [2.24, 2.45) is 16.7 Å². The van der Waals surface area contributed by atoms with Crippen LogP contribution in [0.5, 0.6) is 0 Å². The van der Waals surface area contributed by atoms with Crippen LogP contribution in [0.25, 0.3) is 0 Å². The standard InChI is InChI=1S/C20H29NO3S/c1-19-8-9-20(2)16-7-5-15(22)10-13(16)4-6-17(20)18(19)11-14(12-19)21-25(3,23)24/h10,14,16,21H,4-9,11-12H2,1-3H3/t14-,16-,19+,20+/m1/s1.